The molecule has 0 fully saturated rings. The highest BCUT2D eigenvalue weighted by molar-refractivity contribution is 5.92. The Morgan fingerprint density at radius 1 is 1.19 bits per heavy atom. The molecule has 2 rings (SSSR count). The number of carbonyl (C=O) groups is 2. The van der Waals surface area contributed by atoms with E-state index in [2.05, 4.69) is 5.32 Å². The third-order valence-corrected chi connectivity index (χ3v) is 3.91. The summed E-state index contributed by atoms with van der Waals surface area (Å²) in [7, 11) is 1.57. The average molecular weight is 372 g/mol. The molecule has 8 heteroatoms. The number of esters is 1. The molecule has 0 aliphatic carbocycles. The van der Waals surface area contributed by atoms with Gasteiger partial charge in [-0.1, -0.05) is 12.1 Å². The van der Waals surface area contributed by atoms with Crippen molar-refractivity contribution < 1.29 is 24.0 Å². The van der Waals surface area contributed by atoms with Gasteiger partial charge in [0.25, 0.3) is 11.6 Å². The molecular weight excluding hydrogens is 352 g/mol. The number of carbonyl (C=O) groups excluding carboxylic acids is 2. The fraction of sp³-hybridized carbons (Fsp3) is 0.263. The highest BCUT2D eigenvalue weighted by Gasteiger charge is 2.20. The number of methoxy groups -OCH3 is 1. The van der Waals surface area contributed by atoms with Gasteiger partial charge in [0.1, 0.15) is 5.75 Å². The molecule has 1 N–H and O–H groups in total. The van der Waals surface area contributed by atoms with Gasteiger partial charge in [-0.2, -0.15) is 0 Å². The number of nitro benzene ring substituents is 1. The third kappa shape index (κ3) is 5.27. The Bertz CT molecular complexity index is 848. The summed E-state index contributed by atoms with van der Waals surface area (Å²) in [6.45, 7) is 3.26. The van der Waals surface area contributed by atoms with E-state index >= 15 is 0 Å². The van der Waals surface area contributed by atoms with Crippen LogP contribution in [0, 0.1) is 17.0 Å². The Labute approximate surface area is 156 Å². The molecule has 2 aromatic carbocycles. The molecule has 27 heavy (non-hydrogen) atoms. The number of nitrogens with one attached hydrogen (secondary N) is 1. The highest BCUT2D eigenvalue weighted by Crippen LogP contribution is 2.19. The standard InChI is InChI=1S/C19H20N2O6/c1-12-10-15(6-9-17(12)21(24)25)19(23)27-13(2)18(22)20-11-14-4-7-16(26-3)8-5-14/h4-10,13H,11H2,1-3H3,(H,20,22)/t13-/m0/s1. The lowest BCUT2D eigenvalue weighted by Gasteiger charge is -2.14. The predicted molar refractivity (Wildman–Crippen MR) is 97.6 cm³/mol. The first-order chi connectivity index (χ1) is 12.8. The van der Waals surface area contributed by atoms with Gasteiger partial charge >= 0.3 is 5.97 Å². The van der Waals surface area contributed by atoms with Gasteiger partial charge in [-0.3, -0.25) is 14.9 Å². The van der Waals surface area contributed by atoms with Crippen molar-refractivity contribution in [1.82, 2.24) is 5.32 Å². The molecule has 1 atom stereocenters. The maximum Gasteiger partial charge on any atom is 0.338 e. The van der Waals surface area contributed by atoms with Crippen LogP contribution >= 0.6 is 0 Å². The van der Waals surface area contributed by atoms with Crippen molar-refractivity contribution in [1.29, 1.82) is 0 Å². The summed E-state index contributed by atoms with van der Waals surface area (Å²) in [6.07, 6.45) is -1.01. The molecule has 0 unspecified atom stereocenters. The van der Waals surface area contributed by atoms with E-state index in [0.717, 1.165) is 5.56 Å². The third-order valence-electron chi connectivity index (χ3n) is 3.91. The number of nitrogens with zero attached hydrogens (tertiary/aromatic N) is 1. The molecule has 0 heterocycles. The van der Waals surface area contributed by atoms with Crippen LogP contribution in [-0.2, 0) is 16.1 Å². The second-order valence-electron chi connectivity index (χ2n) is 5.87. The molecule has 2 aromatic rings. The molecule has 0 saturated heterocycles. The quantitative estimate of drug-likeness (QED) is 0.455. The number of benzene rings is 2. The lowest BCUT2D eigenvalue weighted by Crippen LogP contribution is -2.35. The van der Waals surface area contributed by atoms with E-state index in [1.54, 1.807) is 19.2 Å². The molecule has 0 spiro atoms. The Kier molecular flexibility index (Phi) is 6.48. The fourth-order valence-corrected chi connectivity index (χ4v) is 2.35. The number of ether oxygens (including phenoxy) is 2. The maximum atomic E-state index is 12.2. The highest BCUT2D eigenvalue weighted by atomic mass is 16.6. The number of aryl methyl sites for hydroxylation is 1. The van der Waals surface area contributed by atoms with Crippen molar-refractivity contribution >= 4 is 17.6 Å². The second-order valence-corrected chi connectivity index (χ2v) is 5.87. The molecule has 1 amide bonds. The molecule has 0 saturated carbocycles. The van der Waals surface area contributed by atoms with Crippen LogP contribution in [0.4, 0.5) is 5.69 Å². The lowest BCUT2D eigenvalue weighted by atomic mass is 10.1. The van der Waals surface area contributed by atoms with Gasteiger partial charge < -0.3 is 14.8 Å². The van der Waals surface area contributed by atoms with Gasteiger partial charge in [0, 0.05) is 18.2 Å². The summed E-state index contributed by atoms with van der Waals surface area (Å²) in [6, 6.07) is 11.1. The number of rotatable bonds is 7. The van der Waals surface area contributed by atoms with Gasteiger partial charge in [-0.25, -0.2) is 4.79 Å². The van der Waals surface area contributed by atoms with Crippen molar-refractivity contribution in [3.8, 4) is 5.75 Å². The SMILES string of the molecule is COc1ccc(CNC(=O)[C@H](C)OC(=O)c2ccc([N+](=O)[O-])c(C)c2)cc1. The minimum absolute atomic E-state index is 0.0863. The maximum absolute atomic E-state index is 12.2. The first-order valence-electron chi connectivity index (χ1n) is 8.18. The van der Waals surface area contributed by atoms with Crippen LogP contribution in [-0.4, -0.2) is 30.0 Å². The summed E-state index contributed by atoms with van der Waals surface area (Å²) in [5.74, 6) is -0.455. The van der Waals surface area contributed by atoms with Gasteiger partial charge in [0.2, 0.25) is 0 Å². The molecule has 0 bridgehead atoms. The monoisotopic (exact) mass is 372 g/mol. The van der Waals surface area contributed by atoms with E-state index in [0.29, 0.717) is 11.3 Å². The van der Waals surface area contributed by atoms with Crippen molar-refractivity contribution in [2.45, 2.75) is 26.5 Å². The normalized spacial score (nSPS) is 11.4. The number of hydrogen-bond donors (Lipinski definition) is 1. The zero-order valence-electron chi connectivity index (χ0n) is 15.2. The largest absolute Gasteiger partial charge is 0.497 e. The lowest BCUT2D eigenvalue weighted by molar-refractivity contribution is -0.385. The summed E-state index contributed by atoms with van der Waals surface area (Å²) in [5, 5.41) is 13.5. The van der Waals surface area contributed by atoms with Gasteiger partial charge in [0.05, 0.1) is 17.6 Å². The van der Waals surface area contributed by atoms with Crippen molar-refractivity contribution in [2.75, 3.05) is 7.11 Å². The van der Waals surface area contributed by atoms with E-state index in [1.807, 2.05) is 12.1 Å². The smallest absolute Gasteiger partial charge is 0.338 e. The van der Waals surface area contributed by atoms with Gasteiger partial charge in [-0.15, -0.1) is 0 Å². The van der Waals surface area contributed by atoms with E-state index in [4.69, 9.17) is 9.47 Å². The van der Waals surface area contributed by atoms with Crippen LogP contribution in [0.25, 0.3) is 0 Å². The Morgan fingerprint density at radius 3 is 2.41 bits per heavy atom. The van der Waals surface area contributed by atoms with Crippen LogP contribution in [0.3, 0.4) is 0 Å². The minimum Gasteiger partial charge on any atom is -0.497 e. The van der Waals surface area contributed by atoms with Crippen molar-refractivity contribution in [3.05, 3.63) is 69.3 Å². The van der Waals surface area contributed by atoms with Crippen LogP contribution in [0.2, 0.25) is 0 Å². The van der Waals surface area contributed by atoms with Gasteiger partial charge in [0.15, 0.2) is 6.10 Å². The molecule has 0 aliphatic rings. The Balaban J connectivity index is 1.91. The molecular formula is C19H20N2O6. The fourth-order valence-electron chi connectivity index (χ4n) is 2.35. The van der Waals surface area contributed by atoms with Crippen molar-refractivity contribution in [2.24, 2.45) is 0 Å². The molecule has 0 aliphatic heterocycles. The van der Waals surface area contributed by atoms with E-state index in [1.165, 1.54) is 32.0 Å². The topological polar surface area (TPSA) is 108 Å². The Morgan fingerprint density at radius 2 is 1.85 bits per heavy atom. The predicted octanol–water partition coefficient (Wildman–Crippen LogP) is 2.77. The van der Waals surface area contributed by atoms with E-state index in [-0.39, 0.29) is 17.8 Å². The van der Waals surface area contributed by atoms with E-state index < -0.39 is 22.9 Å². The molecule has 0 radical (unpaired) electrons. The second kappa shape index (κ2) is 8.79. The zero-order chi connectivity index (χ0) is 20.0. The summed E-state index contributed by atoms with van der Waals surface area (Å²) in [4.78, 5) is 34.6. The van der Waals surface area contributed by atoms with Crippen molar-refractivity contribution in [3.63, 3.8) is 0 Å². The van der Waals surface area contributed by atoms with Crippen LogP contribution in [0.5, 0.6) is 5.75 Å². The van der Waals surface area contributed by atoms with Crippen LogP contribution in [0.15, 0.2) is 42.5 Å². The molecule has 142 valence electrons. The number of amides is 1. The van der Waals surface area contributed by atoms with Crippen LogP contribution in [0.1, 0.15) is 28.4 Å². The Hall–Kier alpha value is -3.42. The average Bonchev–Trinajstić information content (AvgIpc) is 2.65. The number of hydrogen-bond acceptors (Lipinski definition) is 6. The first-order valence-corrected chi connectivity index (χ1v) is 8.18. The van der Waals surface area contributed by atoms with Crippen LogP contribution < -0.4 is 10.1 Å². The summed E-state index contributed by atoms with van der Waals surface area (Å²) in [5.41, 5.74) is 1.27. The van der Waals surface area contributed by atoms with E-state index in [9.17, 15) is 19.7 Å². The zero-order valence-corrected chi connectivity index (χ0v) is 15.2. The van der Waals surface area contributed by atoms with Gasteiger partial charge in [-0.05, 0) is 43.7 Å². The summed E-state index contributed by atoms with van der Waals surface area (Å²) < 4.78 is 10.2. The number of nitro groups is 1. The summed E-state index contributed by atoms with van der Waals surface area (Å²) >= 11 is 0. The minimum atomic E-state index is -1.01. The molecule has 8 nitrogen and oxygen atoms in total. The first kappa shape index (κ1) is 19.9. The molecule has 0 aromatic heterocycles.